The highest BCUT2D eigenvalue weighted by molar-refractivity contribution is 6.23. The van der Waals surface area contributed by atoms with E-state index in [0.29, 0.717) is 55.6 Å². The Hall–Kier alpha value is -6.63. The first-order chi connectivity index (χ1) is 31.2. The minimum Gasteiger partial charge on any atom is -0.329 e. The molecule has 352 valence electrons. The maximum atomic E-state index is 12.7. The number of nitrogens with one attached hydrogen (secondary N) is 3. The summed E-state index contributed by atoms with van der Waals surface area (Å²) in [7, 11) is 0. The first-order valence-corrected chi connectivity index (χ1v) is 23.1. The van der Waals surface area contributed by atoms with Crippen LogP contribution in [-0.2, 0) is 43.7 Å². The van der Waals surface area contributed by atoms with Gasteiger partial charge >= 0.3 is 0 Å². The fourth-order valence-electron chi connectivity index (χ4n) is 9.24. The number of rotatable bonds is 3. The molecule has 13 heteroatoms. The molecule has 13 nitrogen and oxygen atoms in total. The third-order valence-corrected chi connectivity index (χ3v) is 13.4. The number of fused-ring (bicyclic) bond motifs is 3. The number of hydrogen-bond acceptors (Lipinski definition) is 7. The summed E-state index contributed by atoms with van der Waals surface area (Å²) in [6.07, 6.45) is 3.74. The van der Waals surface area contributed by atoms with Crippen molar-refractivity contribution >= 4 is 41.4 Å². The third-order valence-electron chi connectivity index (χ3n) is 13.4. The van der Waals surface area contributed by atoms with E-state index < -0.39 is 11.9 Å². The minimum absolute atomic E-state index is 0.00266. The monoisotopic (exact) mass is 908 g/mol. The number of hydrogen-bond donors (Lipinski definition) is 3. The van der Waals surface area contributed by atoms with Crippen LogP contribution in [0.4, 0.5) is 0 Å². The number of benzene rings is 3. The molecule has 0 aliphatic carbocycles. The van der Waals surface area contributed by atoms with Gasteiger partial charge in [-0.05, 0) is 107 Å². The van der Waals surface area contributed by atoms with Crippen molar-refractivity contribution in [3.05, 3.63) is 141 Å². The standard InChI is InChI=1S/C18H20N2O3.2C18H22N2O2/c1-10-5-8-14(15(21)19-10)20-16(22)12-7-6-11(18(2,3)4)9-13(12)17(20)23;1-11-5-8-15(16(21)19-11)20-10-12-9-13(18(2,3)4)6-7-14(12)17(20)22;1-11-5-8-15(16(21)19-11)20-10-12-6-7-13(18(2,3)4)9-14(12)17(20)22/h6-7,9,14H,1,5,8H2,2-4H3,(H,19,21);2*6-7,9,15H,1,5,8,10H2,2-4H3,(H,19,21). The largest absolute Gasteiger partial charge is 0.329 e. The van der Waals surface area contributed by atoms with Gasteiger partial charge in [0.25, 0.3) is 23.6 Å². The van der Waals surface area contributed by atoms with Gasteiger partial charge in [0.05, 0.1) is 11.1 Å². The Kier molecular flexibility index (Phi) is 12.9. The van der Waals surface area contributed by atoms with Crippen LogP contribution < -0.4 is 16.0 Å². The zero-order valence-electron chi connectivity index (χ0n) is 40.4. The van der Waals surface area contributed by atoms with Gasteiger partial charge < -0.3 is 25.8 Å². The summed E-state index contributed by atoms with van der Waals surface area (Å²) < 4.78 is 0. The van der Waals surface area contributed by atoms with Crippen molar-refractivity contribution in [1.29, 1.82) is 0 Å². The molecule has 3 aromatic carbocycles. The molecule has 0 saturated carbocycles. The number of amides is 7. The topological polar surface area (TPSA) is 165 Å². The summed E-state index contributed by atoms with van der Waals surface area (Å²) in [5.41, 5.74) is 9.63. The third kappa shape index (κ3) is 9.78. The molecule has 0 spiro atoms. The molecular weight excluding hydrogens is 845 g/mol. The maximum absolute atomic E-state index is 12.7. The van der Waals surface area contributed by atoms with Crippen molar-refractivity contribution in [2.75, 3.05) is 0 Å². The summed E-state index contributed by atoms with van der Waals surface area (Å²) >= 11 is 0. The Labute approximate surface area is 394 Å². The average molecular weight is 909 g/mol. The number of nitrogens with zero attached hydrogens (tertiary/aromatic N) is 3. The molecule has 3 aromatic rings. The summed E-state index contributed by atoms with van der Waals surface area (Å²) in [6, 6.07) is 15.9. The van der Waals surface area contributed by atoms with Crippen molar-refractivity contribution in [2.45, 2.75) is 148 Å². The second-order valence-electron chi connectivity index (χ2n) is 21.5. The molecule has 6 aliphatic rings. The highest BCUT2D eigenvalue weighted by Crippen LogP contribution is 2.35. The van der Waals surface area contributed by atoms with Gasteiger partial charge in [0, 0.05) is 41.3 Å². The van der Waals surface area contributed by atoms with E-state index in [1.165, 1.54) is 5.56 Å². The van der Waals surface area contributed by atoms with Crippen molar-refractivity contribution in [1.82, 2.24) is 30.7 Å². The SMILES string of the molecule is C=C1CCC(N2C(=O)c3ccc(C(C)(C)C)cc3C2=O)C(=O)N1.C=C1CCC(N2Cc3cc(C(C)(C)C)ccc3C2=O)C(=O)N1.C=C1CCC(N2Cc3ccc(C(C)(C)C)cc3C2=O)C(=O)N1. The highest BCUT2D eigenvalue weighted by atomic mass is 16.2. The Morgan fingerprint density at radius 3 is 1.27 bits per heavy atom. The van der Waals surface area contributed by atoms with Crippen LogP contribution in [0.2, 0.25) is 0 Å². The number of carbonyl (C=O) groups excluding carboxylic acids is 7. The minimum atomic E-state index is -0.758. The zero-order valence-corrected chi connectivity index (χ0v) is 40.4. The average Bonchev–Trinajstić information content (AvgIpc) is 3.84. The Morgan fingerprint density at radius 1 is 0.433 bits per heavy atom. The van der Waals surface area contributed by atoms with E-state index in [-0.39, 0.29) is 63.8 Å². The van der Waals surface area contributed by atoms with E-state index in [9.17, 15) is 33.6 Å². The lowest BCUT2D eigenvalue weighted by Gasteiger charge is -2.30. The number of carbonyl (C=O) groups is 7. The van der Waals surface area contributed by atoms with Gasteiger partial charge in [-0.1, -0.05) is 112 Å². The Morgan fingerprint density at radius 2 is 0.806 bits per heavy atom. The van der Waals surface area contributed by atoms with Crippen LogP contribution in [0.1, 0.15) is 170 Å². The van der Waals surface area contributed by atoms with Crippen molar-refractivity contribution < 1.29 is 33.6 Å². The van der Waals surface area contributed by atoms with Crippen molar-refractivity contribution in [3.8, 4) is 0 Å². The zero-order chi connectivity index (χ0) is 49.1. The van der Waals surface area contributed by atoms with Gasteiger partial charge in [0.2, 0.25) is 17.7 Å². The van der Waals surface area contributed by atoms with Gasteiger partial charge in [-0.2, -0.15) is 0 Å². The number of piperidine rings is 3. The molecule has 0 aromatic heterocycles. The predicted octanol–water partition coefficient (Wildman–Crippen LogP) is 7.84. The van der Waals surface area contributed by atoms with Crippen LogP contribution in [-0.4, -0.2) is 74.2 Å². The van der Waals surface area contributed by atoms with Gasteiger partial charge in [0.1, 0.15) is 18.1 Å². The Bertz CT molecular complexity index is 2620. The molecule has 0 bridgehead atoms. The van der Waals surface area contributed by atoms with Crippen LogP contribution in [0.5, 0.6) is 0 Å². The van der Waals surface area contributed by atoms with E-state index in [4.69, 9.17) is 0 Å². The fraction of sp³-hybridized carbons (Fsp3) is 0.426. The fourth-order valence-corrected chi connectivity index (χ4v) is 9.24. The quantitative estimate of drug-likeness (QED) is 0.226. The summed E-state index contributed by atoms with van der Waals surface area (Å²) in [5.74, 6) is -1.42. The van der Waals surface area contributed by atoms with Gasteiger partial charge in [0.15, 0.2) is 0 Å². The van der Waals surface area contributed by atoms with Crippen LogP contribution in [0.3, 0.4) is 0 Å². The lowest BCUT2D eigenvalue weighted by atomic mass is 9.85. The molecule has 0 radical (unpaired) electrons. The molecule has 9 rings (SSSR count). The van der Waals surface area contributed by atoms with Crippen LogP contribution in [0.25, 0.3) is 0 Å². The normalized spacial score (nSPS) is 21.7. The smallest absolute Gasteiger partial charge is 0.262 e. The maximum Gasteiger partial charge on any atom is 0.262 e. The second kappa shape index (κ2) is 17.9. The molecule has 6 aliphatic heterocycles. The summed E-state index contributed by atoms with van der Waals surface area (Å²) in [4.78, 5) is 91.6. The van der Waals surface area contributed by atoms with E-state index in [2.05, 4.69) is 89.4 Å². The van der Waals surface area contributed by atoms with Gasteiger partial charge in [-0.25, -0.2) is 0 Å². The molecule has 3 fully saturated rings. The van der Waals surface area contributed by atoms with E-state index >= 15 is 0 Å². The molecule has 7 amide bonds. The second-order valence-corrected chi connectivity index (χ2v) is 21.5. The predicted molar refractivity (Wildman–Crippen MR) is 257 cm³/mol. The number of allylic oxidation sites excluding steroid dienone is 3. The highest BCUT2D eigenvalue weighted by Gasteiger charge is 2.45. The molecular formula is C54H64N6O7. The summed E-state index contributed by atoms with van der Waals surface area (Å²) in [5, 5.41) is 8.15. The Balaban J connectivity index is 0.000000149. The summed E-state index contributed by atoms with van der Waals surface area (Å²) in [6.45, 7) is 31.3. The molecule has 67 heavy (non-hydrogen) atoms. The lowest BCUT2D eigenvalue weighted by molar-refractivity contribution is -0.127. The van der Waals surface area contributed by atoms with Crippen molar-refractivity contribution in [2.24, 2.45) is 0 Å². The first-order valence-electron chi connectivity index (χ1n) is 23.1. The van der Waals surface area contributed by atoms with Gasteiger partial charge in [-0.3, -0.25) is 38.5 Å². The van der Waals surface area contributed by atoms with Crippen LogP contribution >= 0.6 is 0 Å². The molecule has 3 N–H and O–H groups in total. The van der Waals surface area contributed by atoms with Crippen LogP contribution in [0.15, 0.2) is 91.4 Å². The van der Waals surface area contributed by atoms with Crippen LogP contribution in [0, 0.1) is 0 Å². The molecule has 3 unspecified atom stereocenters. The number of imide groups is 1. The van der Waals surface area contributed by atoms with Crippen molar-refractivity contribution in [3.63, 3.8) is 0 Å². The lowest BCUT2D eigenvalue weighted by Crippen LogP contribution is -2.51. The van der Waals surface area contributed by atoms with E-state index in [0.717, 1.165) is 62.5 Å². The van der Waals surface area contributed by atoms with E-state index in [1.54, 1.807) is 21.9 Å². The molecule has 6 heterocycles. The molecule has 3 saturated heterocycles. The first kappa shape index (κ1) is 48.3. The molecule has 3 atom stereocenters. The van der Waals surface area contributed by atoms with E-state index in [1.807, 2.05) is 51.1 Å². The van der Waals surface area contributed by atoms with Gasteiger partial charge in [-0.15, -0.1) is 0 Å².